The van der Waals surface area contributed by atoms with Crippen molar-refractivity contribution >= 4 is 0 Å². The molecular weight excluding hydrogens is 266 g/mol. The largest absolute Gasteiger partial charge is 0.387 e. The highest BCUT2D eigenvalue weighted by molar-refractivity contribution is 5.22. The maximum atomic E-state index is 13.6. The van der Waals surface area contributed by atoms with Gasteiger partial charge in [0.15, 0.2) is 0 Å². The molecule has 6 heteroatoms. The summed E-state index contributed by atoms with van der Waals surface area (Å²) in [5.41, 5.74) is -0.341. The van der Waals surface area contributed by atoms with Crippen molar-refractivity contribution < 1.29 is 18.6 Å². The lowest BCUT2D eigenvalue weighted by molar-refractivity contribution is 0.0860. The zero-order chi connectivity index (χ0) is 15.0. The minimum atomic E-state index is -1.29. The van der Waals surface area contributed by atoms with Gasteiger partial charge in [0.25, 0.3) is 0 Å². The van der Waals surface area contributed by atoms with Crippen LogP contribution in [0.25, 0.3) is 0 Å². The maximum absolute atomic E-state index is 13.6. The normalized spacial score (nSPS) is 12.4. The van der Waals surface area contributed by atoms with E-state index >= 15 is 0 Å². The molecule has 0 bridgehead atoms. The van der Waals surface area contributed by atoms with Gasteiger partial charge in [-0.25, -0.2) is 8.78 Å². The number of nitriles is 1. The van der Waals surface area contributed by atoms with Gasteiger partial charge >= 0.3 is 0 Å². The fourth-order valence-electron chi connectivity index (χ4n) is 1.89. The second kappa shape index (κ2) is 8.59. The Morgan fingerprint density at radius 3 is 2.55 bits per heavy atom. The van der Waals surface area contributed by atoms with Crippen LogP contribution in [0.4, 0.5) is 8.78 Å². The topological polar surface area (TPSA) is 56.5 Å². The van der Waals surface area contributed by atoms with E-state index in [0.29, 0.717) is 19.7 Å². The number of aliphatic hydroxyl groups is 1. The lowest BCUT2D eigenvalue weighted by Gasteiger charge is -2.24. The summed E-state index contributed by atoms with van der Waals surface area (Å²) in [5.74, 6) is -1.55. The summed E-state index contributed by atoms with van der Waals surface area (Å²) in [5, 5.41) is 18.6. The number of nitrogens with zero attached hydrogens (tertiary/aromatic N) is 2. The zero-order valence-corrected chi connectivity index (χ0v) is 11.4. The third-order valence-electron chi connectivity index (χ3n) is 2.92. The fraction of sp³-hybridized carbons (Fsp3) is 0.500. The Morgan fingerprint density at radius 1 is 1.35 bits per heavy atom. The summed E-state index contributed by atoms with van der Waals surface area (Å²) in [4.78, 5) is 1.74. The van der Waals surface area contributed by atoms with E-state index in [2.05, 4.69) is 0 Å². The highest BCUT2D eigenvalue weighted by Crippen LogP contribution is 2.21. The number of ether oxygens (including phenoxy) is 1. The van der Waals surface area contributed by atoms with Crippen LogP contribution in [0.5, 0.6) is 0 Å². The average molecular weight is 284 g/mol. The van der Waals surface area contributed by atoms with Gasteiger partial charge in [0.1, 0.15) is 11.6 Å². The second-order valence-corrected chi connectivity index (χ2v) is 4.35. The molecule has 1 unspecified atom stereocenters. The first-order valence-electron chi connectivity index (χ1n) is 6.30. The van der Waals surface area contributed by atoms with Crippen LogP contribution in [0.15, 0.2) is 18.2 Å². The molecule has 0 aliphatic heterocycles. The Balaban J connectivity index is 2.73. The van der Waals surface area contributed by atoms with Gasteiger partial charge in [-0.3, -0.25) is 4.90 Å². The van der Waals surface area contributed by atoms with E-state index < -0.39 is 17.7 Å². The van der Waals surface area contributed by atoms with Crippen LogP contribution in [-0.4, -0.2) is 43.4 Å². The minimum absolute atomic E-state index is 0.0445. The van der Waals surface area contributed by atoms with E-state index in [1.165, 1.54) is 13.2 Å². The Kier molecular flexibility index (Phi) is 7.09. The third kappa shape index (κ3) is 4.85. The van der Waals surface area contributed by atoms with E-state index in [1.807, 2.05) is 6.07 Å². The van der Waals surface area contributed by atoms with Gasteiger partial charge in [-0.15, -0.1) is 0 Å². The molecule has 110 valence electrons. The summed E-state index contributed by atoms with van der Waals surface area (Å²) in [6.45, 7) is 1.35. The molecule has 0 heterocycles. The molecule has 0 saturated heterocycles. The molecule has 0 fully saturated rings. The molecule has 1 N–H and O–H groups in total. The van der Waals surface area contributed by atoms with E-state index in [-0.39, 0.29) is 18.5 Å². The second-order valence-electron chi connectivity index (χ2n) is 4.35. The molecule has 1 rings (SSSR count). The molecule has 0 amide bonds. The van der Waals surface area contributed by atoms with Crippen molar-refractivity contribution in [1.82, 2.24) is 4.90 Å². The van der Waals surface area contributed by atoms with Crippen LogP contribution in [-0.2, 0) is 4.74 Å². The van der Waals surface area contributed by atoms with Gasteiger partial charge in [0.2, 0.25) is 0 Å². The van der Waals surface area contributed by atoms with E-state index in [0.717, 1.165) is 12.1 Å². The van der Waals surface area contributed by atoms with Gasteiger partial charge in [0, 0.05) is 33.2 Å². The first-order chi connectivity index (χ1) is 9.60. The molecule has 4 nitrogen and oxygen atoms in total. The highest BCUT2D eigenvalue weighted by atomic mass is 19.1. The number of benzene rings is 1. The van der Waals surface area contributed by atoms with Crippen molar-refractivity contribution in [2.75, 3.05) is 33.4 Å². The Bertz CT molecular complexity index is 443. The third-order valence-corrected chi connectivity index (χ3v) is 2.92. The minimum Gasteiger partial charge on any atom is -0.387 e. The Hall–Kier alpha value is -1.55. The molecule has 20 heavy (non-hydrogen) atoms. The molecule has 1 aromatic carbocycles. The van der Waals surface area contributed by atoms with Gasteiger partial charge in [-0.05, 0) is 12.1 Å². The van der Waals surface area contributed by atoms with Gasteiger partial charge in [0.05, 0.1) is 24.3 Å². The lowest BCUT2D eigenvalue weighted by atomic mass is 10.1. The number of aliphatic hydroxyl groups excluding tert-OH is 1. The molecule has 0 radical (unpaired) electrons. The van der Waals surface area contributed by atoms with Gasteiger partial charge < -0.3 is 9.84 Å². The monoisotopic (exact) mass is 284 g/mol. The van der Waals surface area contributed by atoms with Crippen molar-refractivity contribution in [3.05, 3.63) is 35.4 Å². The summed E-state index contributed by atoms with van der Waals surface area (Å²) in [7, 11) is 1.54. The smallest absolute Gasteiger partial charge is 0.131 e. The Labute approximate surface area is 117 Å². The van der Waals surface area contributed by atoms with Gasteiger partial charge in [-0.2, -0.15) is 5.26 Å². The van der Waals surface area contributed by atoms with E-state index in [4.69, 9.17) is 10.00 Å². The van der Waals surface area contributed by atoms with Crippen molar-refractivity contribution in [1.29, 1.82) is 5.26 Å². The van der Waals surface area contributed by atoms with Crippen LogP contribution < -0.4 is 0 Å². The molecule has 0 aliphatic carbocycles. The first-order valence-corrected chi connectivity index (χ1v) is 6.30. The van der Waals surface area contributed by atoms with Crippen LogP contribution in [0.3, 0.4) is 0 Å². The Morgan fingerprint density at radius 2 is 2.00 bits per heavy atom. The molecule has 0 aromatic heterocycles. The lowest BCUT2D eigenvalue weighted by Crippen LogP contribution is -2.33. The quantitative estimate of drug-likeness (QED) is 0.791. The summed E-state index contributed by atoms with van der Waals surface area (Å²) in [6, 6.07) is 5.46. The molecule has 1 atom stereocenters. The standard InChI is InChI=1S/C14H18F2N2O2/c1-20-9-8-18(7-3-6-17)10-13(19)14-11(15)4-2-5-12(14)16/h2,4-5,13,19H,3,7-10H2,1H3. The van der Waals surface area contributed by atoms with Crippen LogP contribution in [0, 0.1) is 23.0 Å². The van der Waals surface area contributed by atoms with Crippen LogP contribution in [0.1, 0.15) is 18.1 Å². The molecular formula is C14H18F2N2O2. The summed E-state index contributed by atoms with van der Waals surface area (Å²) >= 11 is 0. The maximum Gasteiger partial charge on any atom is 0.131 e. The number of hydrogen-bond acceptors (Lipinski definition) is 4. The first kappa shape index (κ1) is 16.5. The summed E-state index contributed by atoms with van der Waals surface area (Å²) in [6.07, 6.45) is -1.01. The number of hydrogen-bond donors (Lipinski definition) is 1. The zero-order valence-electron chi connectivity index (χ0n) is 11.4. The van der Waals surface area contributed by atoms with E-state index in [1.54, 1.807) is 4.90 Å². The van der Waals surface area contributed by atoms with Gasteiger partial charge in [-0.1, -0.05) is 6.07 Å². The summed E-state index contributed by atoms with van der Waals surface area (Å²) < 4.78 is 32.1. The molecule has 0 aliphatic rings. The van der Waals surface area contributed by atoms with Crippen molar-refractivity contribution in [2.45, 2.75) is 12.5 Å². The number of halogens is 2. The fourth-order valence-corrected chi connectivity index (χ4v) is 1.89. The van der Waals surface area contributed by atoms with Crippen molar-refractivity contribution in [3.8, 4) is 6.07 Å². The van der Waals surface area contributed by atoms with Crippen LogP contribution >= 0.6 is 0 Å². The van der Waals surface area contributed by atoms with Crippen molar-refractivity contribution in [3.63, 3.8) is 0 Å². The number of rotatable bonds is 8. The predicted octanol–water partition coefficient (Wildman–Crippen LogP) is 1.86. The number of methoxy groups -OCH3 is 1. The van der Waals surface area contributed by atoms with Crippen molar-refractivity contribution in [2.24, 2.45) is 0 Å². The highest BCUT2D eigenvalue weighted by Gasteiger charge is 2.20. The SMILES string of the molecule is COCCN(CCC#N)CC(O)c1c(F)cccc1F. The van der Waals surface area contributed by atoms with Crippen LogP contribution in [0.2, 0.25) is 0 Å². The molecule has 0 spiro atoms. The predicted molar refractivity (Wildman–Crippen MR) is 69.9 cm³/mol. The molecule has 0 saturated carbocycles. The van der Waals surface area contributed by atoms with E-state index in [9.17, 15) is 13.9 Å². The average Bonchev–Trinajstić information content (AvgIpc) is 2.41. The molecule has 1 aromatic rings.